The van der Waals surface area contributed by atoms with Crippen molar-refractivity contribution in [2.24, 2.45) is 0 Å². The molecule has 0 saturated heterocycles. The van der Waals surface area contributed by atoms with Crippen LogP contribution in [0.3, 0.4) is 0 Å². The Hall–Kier alpha value is -0.930. The highest BCUT2D eigenvalue weighted by Crippen LogP contribution is 2.33. The second-order valence-electron chi connectivity index (χ2n) is 3.48. The Bertz CT molecular complexity index is 342. The van der Waals surface area contributed by atoms with Gasteiger partial charge in [-0.25, -0.2) is 0 Å². The van der Waals surface area contributed by atoms with E-state index in [0.29, 0.717) is 0 Å². The summed E-state index contributed by atoms with van der Waals surface area (Å²) in [7, 11) is 5.57. The van der Waals surface area contributed by atoms with Crippen molar-refractivity contribution in [3.63, 3.8) is 0 Å². The number of nitrogens with one attached hydrogen (secondary N) is 1. The SMILES string of the molecule is CNCN(C)c1cc(Cl)cc(C)c1OC. The number of rotatable bonds is 4. The van der Waals surface area contributed by atoms with E-state index in [1.54, 1.807) is 7.11 Å². The Morgan fingerprint density at radius 2 is 2.13 bits per heavy atom. The van der Waals surface area contributed by atoms with Crippen LogP contribution < -0.4 is 15.0 Å². The lowest BCUT2D eigenvalue weighted by molar-refractivity contribution is 0.411. The lowest BCUT2D eigenvalue weighted by atomic mass is 10.2. The van der Waals surface area contributed by atoms with Crippen molar-refractivity contribution in [2.45, 2.75) is 6.92 Å². The summed E-state index contributed by atoms with van der Waals surface area (Å²) in [4.78, 5) is 2.05. The quantitative estimate of drug-likeness (QED) is 0.801. The van der Waals surface area contributed by atoms with Gasteiger partial charge in [-0.05, 0) is 31.7 Å². The molecule has 1 rings (SSSR count). The molecule has 1 N–H and O–H groups in total. The zero-order chi connectivity index (χ0) is 11.4. The smallest absolute Gasteiger partial charge is 0.145 e. The number of anilines is 1. The predicted molar refractivity (Wildman–Crippen MR) is 65.1 cm³/mol. The summed E-state index contributed by atoms with van der Waals surface area (Å²) in [5.74, 6) is 0.872. The summed E-state index contributed by atoms with van der Waals surface area (Å²) in [6, 6.07) is 3.81. The lowest BCUT2D eigenvalue weighted by Crippen LogP contribution is -2.28. The maximum Gasteiger partial charge on any atom is 0.145 e. The van der Waals surface area contributed by atoms with Crippen LogP contribution in [0, 0.1) is 6.92 Å². The number of hydrogen-bond acceptors (Lipinski definition) is 3. The second-order valence-corrected chi connectivity index (χ2v) is 3.92. The van der Waals surface area contributed by atoms with Gasteiger partial charge in [-0.15, -0.1) is 0 Å². The Labute approximate surface area is 96.0 Å². The van der Waals surface area contributed by atoms with Crippen LogP contribution in [-0.4, -0.2) is 27.9 Å². The van der Waals surface area contributed by atoms with E-state index in [4.69, 9.17) is 16.3 Å². The summed E-state index contributed by atoms with van der Waals surface area (Å²) in [6.07, 6.45) is 0. The highest BCUT2D eigenvalue weighted by atomic mass is 35.5. The number of nitrogens with zero attached hydrogens (tertiary/aromatic N) is 1. The van der Waals surface area contributed by atoms with E-state index in [-0.39, 0.29) is 0 Å². The number of ether oxygens (including phenoxy) is 1. The molecule has 0 saturated carbocycles. The summed E-state index contributed by atoms with van der Waals surface area (Å²) in [5.41, 5.74) is 2.04. The highest BCUT2D eigenvalue weighted by molar-refractivity contribution is 6.31. The van der Waals surface area contributed by atoms with Gasteiger partial charge in [-0.1, -0.05) is 11.6 Å². The first kappa shape index (κ1) is 12.1. The van der Waals surface area contributed by atoms with Crippen LogP contribution in [0.1, 0.15) is 5.56 Å². The zero-order valence-corrected chi connectivity index (χ0v) is 10.4. The topological polar surface area (TPSA) is 24.5 Å². The summed E-state index contributed by atoms with van der Waals surface area (Å²) >= 11 is 6.02. The van der Waals surface area contributed by atoms with E-state index in [9.17, 15) is 0 Å². The molecule has 0 aliphatic rings. The van der Waals surface area contributed by atoms with E-state index >= 15 is 0 Å². The van der Waals surface area contributed by atoms with Gasteiger partial charge in [0, 0.05) is 12.1 Å². The Morgan fingerprint density at radius 1 is 1.47 bits per heavy atom. The fourth-order valence-corrected chi connectivity index (χ4v) is 1.85. The van der Waals surface area contributed by atoms with Crippen molar-refractivity contribution in [3.05, 3.63) is 22.7 Å². The van der Waals surface area contributed by atoms with Gasteiger partial charge in [0.1, 0.15) is 5.75 Å². The van der Waals surface area contributed by atoms with E-state index in [1.807, 2.05) is 33.2 Å². The molecule has 15 heavy (non-hydrogen) atoms. The molecule has 0 aliphatic heterocycles. The monoisotopic (exact) mass is 228 g/mol. The molecule has 0 aliphatic carbocycles. The van der Waals surface area contributed by atoms with Crippen molar-refractivity contribution in [1.29, 1.82) is 0 Å². The molecule has 0 heterocycles. The van der Waals surface area contributed by atoms with Gasteiger partial charge in [0.05, 0.1) is 19.5 Å². The van der Waals surface area contributed by atoms with Crippen LogP contribution in [0.5, 0.6) is 5.75 Å². The zero-order valence-electron chi connectivity index (χ0n) is 9.60. The number of benzene rings is 1. The van der Waals surface area contributed by atoms with Crippen molar-refractivity contribution in [2.75, 3.05) is 32.8 Å². The second kappa shape index (κ2) is 5.24. The molecule has 0 bridgehead atoms. The predicted octanol–water partition coefficient (Wildman–Crippen LogP) is 2.27. The third-order valence-corrected chi connectivity index (χ3v) is 2.45. The summed E-state index contributed by atoms with van der Waals surface area (Å²) in [5, 5.41) is 3.81. The summed E-state index contributed by atoms with van der Waals surface area (Å²) < 4.78 is 5.37. The fraction of sp³-hybridized carbons (Fsp3) is 0.455. The van der Waals surface area contributed by atoms with E-state index < -0.39 is 0 Å². The maximum absolute atomic E-state index is 6.02. The standard InChI is InChI=1S/C11H17ClN2O/c1-8-5-9(12)6-10(11(8)15-4)14(3)7-13-2/h5-6,13H,7H2,1-4H3. The van der Waals surface area contributed by atoms with Gasteiger partial charge in [-0.2, -0.15) is 0 Å². The van der Waals surface area contributed by atoms with Crippen molar-refractivity contribution in [3.8, 4) is 5.75 Å². The highest BCUT2D eigenvalue weighted by Gasteiger charge is 2.11. The minimum absolute atomic E-state index is 0.728. The van der Waals surface area contributed by atoms with Gasteiger partial charge in [0.25, 0.3) is 0 Å². The third-order valence-electron chi connectivity index (χ3n) is 2.23. The fourth-order valence-electron chi connectivity index (χ4n) is 1.58. The van der Waals surface area contributed by atoms with E-state index in [0.717, 1.165) is 28.7 Å². The first-order valence-corrected chi connectivity index (χ1v) is 5.17. The molecule has 0 spiro atoms. The average Bonchev–Trinajstić information content (AvgIpc) is 2.17. The van der Waals surface area contributed by atoms with Gasteiger partial charge in [0.2, 0.25) is 0 Å². The first-order valence-electron chi connectivity index (χ1n) is 4.80. The number of aryl methyl sites for hydroxylation is 1. The Kier molecular flexibility index (Phi) is 4.24. The average molecular weight is 229 g/mol. The molecular formula is C11H17ClN2O. The maximum atomic E-state index is 6.02. The van der Waals surface area contributed by atoms with Crippen LogP contribution in [0.2, 0.25) is 5.02 Å². The van der Waals surface area contributed by atoms with Gasteiger partial charge < -0.3 is 15.0 Å². The Balaban J connectivity index is 3.13. The van der Waals surface area contributed by atoms with Crippen molar-refractivity contribution >= 4 is 17.3 Å². The molecular weight excluding hydrogens is 212 g/mol. The normalized spacial score (nSPS) is 10.2. The number of halogens is 1. The van der Waals surface area contributed by atoms with Gasteiger partial charge in [0.15, 0.2) is 0 Å². The molecule has 3 nitrogen and oxygen atoms in total. The van der Waals surface area contributed by atoms with E-state index in [1.165, 1.54) is 0 Å². The lowest BCUT2D eigenvalue weighted by Gasteiger charge is -2.22. The molecule has 0 unspecified atom stereocenters. The number of hydrogen-bond donors (Lipinski definition) is 1. The van der Waals surface area contributed by atoms with Gasteiger partial charge in [-0.3, -0.25) is 0 Å². The molecule has 1 aromatic rings. The Morgan fingerprint density at radius 3 is 2.67 bits per heavy atom. The molecule has 84 valence electrons. The molecule has 0 fully saturated rings. The van der Waals surface area contributed by atoms with Crippen LogP contribution in [0.15, 0.2) is 12.1 Å². The summed E-state index contributed by atoms with van der Waals surface area (Å²) in [6.45, 7) is 2.73. The van der Waals surface area contributed by atoms with Crippen LogP contribution in [0.25, 0.3) is 0 Å². The minimum atomic E-state index is 0.728. The van der Waals surface area contributed by atoms with Crippen LogP contribution >= 0.6 is 11.6 Å². The third kappa shape index (κ3) is 2.76. The van der Waals surface area contributed by atoms with E-state index in [2.05, 4.69) is 10.2 Å². The minimum Gasteiger partial charge on any atom is -0.494 e. The number of methoxy groups -OCH3 is 1. The van der Waals surface area contributed by atoms with Crippen molar-refractivity contribution < 1.29 is 4.74 Å². The van der Waals surface area contributed by atoms with Crippen LogP contribution in [-0.2, 0) is 0 Å². The molecule has 1 aromatic carbocycles. The molecule has 0 radical (unpaired) electrons. The molecule has 4 heteroatoms. The molecule has 0 amide bonds. The first-order chi connectivity index (χ1) is 7.10. The molecule has 0 aromatic heterocycles. The largest absolute Gasteiger partial charge is 0.494 e. The molecule has 0 atom stereocenters. The van der Waals surface area contributed by atoms with Crippen molar-refractivity contribution in [1.82, 2.24) is 5.32 Å². The van der Waals surface area contributed by atoms with Crippen LogP contribution in [0.4, 0.5) is 5.69 Å². The van der Waals surface area contributed by atoms with Gasteiger partial charge >= 0.3 is 0 Å².